The molecule has 1 aromatic heterocycles. The first-order valence-electron chi connectivity index (χ1n) is 6.43. The molecule has 21 heavy (non-hydrogen) atoms. The molecule has 2 rings (SSSR count). The van der Waals surface area contributed by atoms with E-state index in [1.54, 1.807) is 31.2 Å². The molecule has 1 heterocycles. The Labute approximate surface area is 120 Å². The van der Waals surface area contributed by atoms with Crippen LogP contribution in [0.1, 0.15) is 23.0 Å². The maximum absolute atomic E-state index is 12.2. The molecule has 0 spiro atoms. The van der Waals surface area contributed by atoms with Crippen molar-refractivity contribution in [2.75, 3.05) is 6.61 Å². The number of benzene rings is 1. The minimum atomic E-state index is -0.833. The van der Waals surface area contributed by atoms with E-state index in [1.807, 2.05) is 6.07 Å². The first kappa shape index (κ1) is 14.7. The van der Waals surface area contributed by atoms with Crippen LogP contribution < -0.4 is 11.2 Å². The fraction of sp³-hybridized carbons (Fsp3) is 0.286. The van der Waals surface area contributed by atoms with Gasteiger partial charge in [-0.15, -0.1) is 0 Å². The predicted octanol–water partition coefficient (Wildman–Crippen LogP) is 0.167. The Morgan fingerprint density at radius 3 is 2.52 bits per heavy atom. The molecule has 7 heteroatoms. The van der Waals surface area contributed by atoms with Crippen molar-refractivity contribution in [1.82, 2.24) is 14.3 Å². The van der Waals surface area contributed by atoms with Crippen molar-refractivity contribution in [2.45, 2.75) is 13.5 Å². The van der Waals surface area contributed by atoms with Crippen LogP contribution in [-0.4, -0.2) is 26.9 Å². The molecule has 110 valence electrons. The molecular formula is C14H15N3O4. The van der Waals surface area contributed by atoms with Gasteiger partial charge in [0.2, 0.25) is 5.69 Å². The molecule has 1 aromatic carbocycles. The smallest absolute Gasteiger partial charge is 0.364 e. The zero-order valence-electron chi connectivity index (χ0n) is 11.8. The SMILES string of the molecule is CCOC(=O)c1nn(C)c(=O)n(Cc2ccccc2)c1=O. The third-order valence-corrected chi connectivity index (χ3v) is 2.86. The quantitative estimate of drug-likeness (QED) is 0.749. The minimum Gasteiger partial charge on any atom is -0.461 e. The summed E-state index contributed by atoms with van der Waals surface area (Å²) >= 11 is 0. The topological polar surface area (TPSA) is 83.2 Å². The average molecular weight is 289 g/mol. The van der Waals surface area contributed by atoms with E-state index in [0.717, 1.165) is 14.8 Å². The van der Waals surface area contributed by atoms with Gasteiger partial charge in [-0.3, -0.25) is 9.36 Å². The van der Waals surface area contributed by atoms with E-state index in [1.165, 1.54) is 7.05 Å². The van der Waals surface area contributed by atoms with Gasteiger partial charge in [-0.2, -0.15) is 5.10 Å². The van der Waals surface area contributed by atoms with E-state index in [4.69, 9.17) is 4.74 Å². The molecule has 0 radical (unpaired) electrons. The van der Waals surface area contributed by atoms with Gasteiger partial charge in [-0.1, -0.05) is 30.3 Å². The maximum Gasteiger partial charge on any atom is 0.364 e. The molecule has 0 fully saturated rings. The summed E-state index contributed by atoms with van der Waals surface area (Å²) in [4.78, 5) is 36.0. The Kier molecular flexibility index (Phi) is 4.32. The van der Waals surface area contributed by atoms with Crippen LogP contribution in [0.5, 0.6) is 0 Å². The maximum atomic E-state index is 12.2. The highest BCUT2D eigenvalue weighted by Gasteiger charge is 2.19. The summed E-state index contributed by atoms with van der Waals surface area (Å²) in [6.07, 6.45) is 0. The average Bonchev–Trinajstić information content (AvgIpc) is 2.48. The van der Waals surface area contributed by atoms with Crippen molar-refractivity contribution >= 4 is 5.97 Å². The van der Waals surface area contributed by atoms with Crippen LogP contribution in [0, 0.1) is 0 Å². The van der Waals surface area contributed by atoms with E-state index in [0.29, 0.717) is 0 Å². The number of carbonyl (C=O) groups is 1. The van der Waals surface area contributed by atoms with Crippen molar-refractivity contribution in [3.63, 3.8) is 0 Å². The van der Waals surface area contributed by atoms with E-state index in [2.05, 4.69) is 5.10 Å². The summed E-state index contributed by atoms with van der Waals surface area (Å²) in [7, 11) is 1.38. The number of nitrogens with zero attached hydrogens (tertiary/aromatic N) is 3. The van der Waals surface area contributed by atoms with Gasteiger partial charge in [-0.05, 0) is 12.5 Å². The molecule has 0 aliphatic rings. The molecule has 0 aliphatic carbocycles. The van der Waals surface area contributed by atoms with Crippen LogP contribution in [0.15, 0.2) is 39.9 Å². The summed E-state index contributed by atoms with van der Waals surface area (Å²) < 4.78 is 6.70. The Balaban J connectivity index is 2.53. The monoisotopic (exact) mass is 289 g/mol. The first-order valence-corrected chi connectivity index (χ1v) is 6.43. The van der Waals surface area contributed by atoms with Crippen molar-refractivity contribution in [1.29, 1.82) is 0 Å². The van der Waals surface area contributed by atoms with Crippen LogP contribution in [-0.2, 0) is 18.3 Å². The van der Waals surface area contributed by atoms with Crippen LogP contribution in [0.3, 0.4) is 0 Å². The Morgan fingerprint density at radius 1 is 1.24 bits per heavy atom. The number of hydrogen-bond donors (Lipinski definition) is 0. The fourth-order valence-electron chi connectivity index (χ4n) is 1.86. The van der Waals surface area contributed by atoms with Gasteiger partial charge < -0.3 is 4.74 Å². The second-order valence-electron chi connectivity index (χ2n) is 4.35. The van der Waals surface area contributed by atoms with E-state index < -0.39 is 22.9 Å². The molecule has 0 atom stereocenters. The van der Waals surface area contributed by atoms with Gasteiger partial charge in [0.15, 0.2) is 0 Å². The Bertz CT molecular complexity index is 762. The summed E-state index contributed by atoms with van der Waals surface area (Å²) in [5.74, 6) is -0.833. The molecular weight excluding hydrogens is 274 g/mol. The second kappa shape index (κ2) is 6.17. The zero-order chi connectivity index (χ0) is 15.4. The lowest BCUT2D eigenvalue weighted by Gasteiger charge is -2.09. The van der Waals surface area contributed by atoms with Crippen LogP contribution in [0.25, 0.3) is 0 Å². The Hall–Kier alpha value is -2.70. The largest absolute Gasteiger partial charge is 0.461 e. The van der Waals surface area contributed by atoms with Gasteiger partial charge in [0, 0.05) is 7.05 Å². The summed E-state index contributed by atoms with van der Waals surface area (Å²) in [5, 5.41) is 3.69. The number of aryl methyl sites for hydroxylation is 1. The lowest BCUT2D eigenvalue weighted by Crippen LogP contribution is -2.44. The van der Waals surface area contributed by atoms with Gasteiger partial charge in [0.25, 0.3) is 5.56 Å². The molecule has 0 unspecified atom stereocenters. The Morgan fingerprint density at radius 2 is 1.90 bits per heavy atom. The summed E-state index contributed by atoms with van der Waals surface area (Å²) in [5.41, 5.74) is -0.954. The lowest BCUT2D eigenvalue weighted by molar-refractivity contribution is 0.0512. The highest BCUT2D eigenvalue weighted by Crippen LogP contribution is 1.99. The van der Waals surface area contributed by atoms with E-state index >= 15 is 0 Å². The van der Waals surface area contributed by atoms with Crippen LogP contribution in [0.4, 0.5) is 0 Å². The van der Waals surface area contributed by atoms with Gasteiger partial charge in [-0.25, -0.2) is 14.3 Å². The van der Waals surface area contributed by atoms with Crippen molar-refractivity contribution in [3.8, 4) is 0 Å². The number of carbonyl (C=O) groups excluding carboxylic acids is 1. The minimum absolute atomic E-state index is 0.0707. The highest BCUT2D eigenvalue weighted by molar-refractivity contribution is 5.86. The van der Waals surface area contributed by atoms with Gasteiger partial charge >= 0.3 is 11.7 Å². The molecule has 0 saturated carbocycles. The number of ether oxygens (including phenoxy) is 1. The van der Waals surface area contributed by atoms with Crippen molar-refractivity contribution < 1.29 is 9.53 Å². The fourth-order valence-corrected chi connectivity index (χ4v) is 1.86. The van der Waals surface area contributed by atoms with E-state index in [9.17, 15) is 14.4 Å². The first-order chi connectivity index (χ1) is 10.0. The second-order valence-corrected chi connectivity index (χ2v) is 4.35. The summed E-state index contributed by atoms with van der Waals surface area (Å²) in [6.45, 7) is 1.82. The molecule has 2 aromatic rings. The van der Waals surface area contributed by atoms with Crippen LogP contribution >= 0.6 is 0 Å². The standard InChI is InChI=1S/C14H15N3O4/c1-3-21-13(19)11-12(18)17(14(20)16(2)15-11)9-10-7-5-4-6-8-10/h4-8H,3,9H2,1-2H3. The molecule has 0 aliphatic heterocycles. The van der Waals surface area contributed by atoms with Crippen molar-refractivity contribution in [3.05, 3.63) is 62.4 Å². The van der Waals surface area contributed by atoms with E-state index in [-0.39, 0.29) is 13.2 Å². The number of esters is 1. The number of hydrogen-bond acceptors (Lipinski definition) is 5. The third kappa shape index (κ3) is 3.07. The molecule has 0 bridgehead atoms. The normalized spacial score (nSPS) is 10.4. The number of aromatic nitrogens is 3. The molecule has 0 N–H and O–H groups in total. The van der Waals surface area contributed by atoms with Gasteiger partial charge in [0.1, 0.15) is 0 Å². The van der Waals surface area contributed by atoms with Gasteiger partial charge in [0.05, 0.1) is 13.2 Å². The van der Waals surface area contributed by atoms with Crippen molar-refractivity contribution in [2.24, 2.45) is 7.05 Å². The predicted molar refractivity (Wildman–Crippen MR) is 75.2 cm³/mol. The third-order valence-electron chi connectivity index (χ3n) is 2.86. The summed E-state index contributed by atoms with van der Waals surface area (Å²) in [6, 6.07) is 9.02. The number of rotatable bonds is 4. The highest BCUT2D eigenvalue weighted by atomic mass is 16.5. The zero-order valence-corrected chi connectivity index (χ0v) is 11.8. The molecule has 0 saturated heterocycles. The molecule has 7 nitrogen and oxygen atoms in total. The molecule has 0 amide bonds. The lowest BCUT2D eigenvalue weighted by atomic mass is 10.2. The van der Waals surface area contributed by atoms with Crippen LogP contribution in [0.2, 0.25) is 0 Å².